The van der Waals surface area contributed by atoms with Crippen molar-refractivity contribution in [2.24, 2.45) is 0 Å². The van der Waals surface area contributed by atoms with E-state index in [9.17, 15) is 9.90 Å². The molecule has 20 heavy (non-hydrogen) atoms. The second-order valence-electron chi connectivity index (χ2n) is 4.60. The number of benzene rings is 1. The highest BCUT2D eigenvalue weighted by Crippen LogP contribution is 2.34. The first-order valence-corrected chi connectivity index (χ1v) is 7.12. The Balaban J connectivity index is 1.84. The molecule has 1 aromatic carbocycles. The highest BCUT2D eigenvalue weighted by molar-refractivity contribution is 6.37. The Morgan fingerprint density at radius 3 is 2.55 bits per heavy atom. The lowest BCUT2D eigenvalue weighted by Gasteiger charge is -2.22. The lowest BCUT2D eigenvalue weighted by Crippen LogP contribution is -2.34. The second kappa shape index (κ2) is 7.13. The van der Waals surface area contributed by atoms with Crippen LogP contribution in [-0.2, 0) is 9.53 Å². The van der Waals surface area contributed by atoms with E-state index in [0.717, 1.165) is 25.9 Å². The third-order valence-electron chi connectivity index (χ3n) is 3.04. The predicted molar refractivity (Wildman–Crippen MR) is 78.6 cm³/mol. The largest absolute Gasteiger partial charge is 0.505 e. The number of ether oxygens (including phenoxy) is 1. The summed E-state index contributed by atoms with van der Waals surface area (Å²) in [5.41, 5.74) is 0.428. The van der Waals surface area contributed by atoms with E-state index >= 15 is 0 Å². The van der Waals surface area contributed by atoms with E-state index < -0.39 is 0 Å². The van der Waals surface area contributed by atoms with Gasteiger partial charge in [0.05, 0.1) is 16.1 Å². The molecule has 5 nitrogen and oxygen atoms in total. The topological polar surface area (TPSA) is 70.6 Å². The van der Waals surface area contributed by atoms with Crippen LogP contribution in [0.4, 0.5) is 5.69 Å². The molecule has 2 rings (SSSR count). The highest BCUT2D eigenvalue weighted by atomic mass is 35.5. The minimum Gasteiger partial charge on any atom is -0.505 e. The Labute approximate surface area is 127 Å². The molecule has 0 unspecified atom stereocenters. The summed E-state index contributed by atoms with van der Waals surface area (Å²) in [6, 6.07) is 2.87. The van der Waals surface area contributed by atoms with E-state index in [4.69, 9.17) is 27.9 Å². The van der Waals surface area contributed by atoms with Crippen LogP contribution in [0.1, 0.15) is 12.8 Å². The number of phenols is 1. The van der Waals surface area contributed by atoms with Crippen molar-refractivity contribution in [2.75, 3.05) is 25.0 Å². The molecule has 1 saturated heterocycles. The van der Waals surface area contributed by atoms with Crippen LogP contribution in [0.25, 0.3) is 0 Å². The summed E-state index contributed by atoms with van der Waals surface area (Å²) >= 11 is 11.6. The minimum atomic E-state index is -0.277. The van der Waals surface area contributed by atoms with Gasteiger partial charge in [-0.2, -0.15) is 0 Å². The maximum atomic E-state index is 11.8. The van der Waals surface area contributed by atoms with Gasteiger partial charge in [-0.05, 0) is 38.1 Å². The van der Waals surface area contributed by atoms with Gasteiger partial charge in [0.1, 0.15) is 6.61 Å². The summed E-state index contributed by atoms with van der Waals surface area (Å²) in [5, 5.41) is 15.5. The van der Waals surface area contributed by atoms with Gasteiger partial charge in [0.25, 0.3) is 0 Å². The quantitative estimate of drug-likeness (QED) is 0.746. The molecule has 0 aliphatic carbocycles. The third-order valence-corrected chi connectivity index (χ3v) is 3.61. The van der Waals surface area contributed by atoms with Crippen LogP contribution in [0, 0.1) is 0 Å². The molecule has 3 N–H and O–H groups in total. The van der Waals surface area contributed by atoms with Crippen LogP contribution in [0.3, 0.4) is 0 Å². The fourth-order valence-corrected chi connectivity index (χ4v) is 2.48. The number of carbonyl (C=O) groups is 1. The normalized spacial score (nSPS) is 16.1. The third kappa shape index (κ3) is 4.24. The van der Waals surface area contributed by atoms with Crippen LogP contribution in [-0.4, -0.2) is 36.8 Å². The summed E-state index contributed by atoms with van der Waals surface area (Å²) in [4.78, 5) is 11.8. The van der Waals surface area contributed by atoms with Crippen molar-refractivity contribution < 1.29 is 14.6 Å². The highest BCUT2D eigenvalue weighted by Gasteiger charge is 2.15. The van der Waals surface area contributed by atoms with Gasteiger partial charge in [0.2, 0.25) is 5.91 Å². The molecule has 1 heterocycles. The summed E-state index contributed by atoms with van der Waals surface area (Å²) in [6.45, 7) is 1.81. The molecule has 0 bridgehead atoms. The van der Waals surface area contributed by atoms with Crippen molar-refractivity contribution in [3.05, 3.63) is 22.2 Å². The Morgan fingerprint density at radius 2 is 1.95 bits per heavy atom. The van der Waals surface area contributed by atoms with E-state index in [-0.39, 0.29) is 34.4 Å². The van der Waals surface area contributed by atoms with E-state index in [0.29, 0.717) is 5.69 Å². The number of aromatic hydroxyl groups is 1. The molecule has 1 aliphatic rings. The number of rotatable bonds is 4. The van der Waals surface area contributed by atoms with Gasteiger partial charge in [-0.25, -0.2) is 0 Å². The molecule has 7 heteroatoms. The summed E-state index contributed by atoms with van der Waals surface area (Å²) in [6.07, 6.45) is 1.93. The van der Waals surface area contributed by atoms with Gasteiger partial charge in [0, 0.05) is 5.69 Å². The molecule has 1 fully saturated rings. The van der Waals surface area contributed by atoms with Crippen molar-refractivity contribution in [3.63, 3.8) is 0 Å². The van der Waals surface area contributed by atoms with E-state index in [1.54, 1.807) is 0 Å². The van der Waals surface area contributed by atoms with Crippen molar-refractivity contribution in [3.8, 4) is 5.75 Å². The summed E-state index contributed by atoms with van der Waals surface area (Å²) < 4.78 is 5.53. The van der Waals surface area contributed by atoms with Crippen molar-refractivity contribution in [1.82, 2.24) is 5.32 Å². The van der Waals surface area contributed by atoms with Crippen molar-refractivity contribution >= 4 is 34.8 Å². The molecule has 0 radical (unpaired) electrons. The summed E-state index contributed by atoms with van der Waals surface area (Å²) in [5.74, 6) is -0.473. The Hall–Kier alpha value is -1.01. The number of nitrogens with one attached hydrogen (secondary N) is 2. The van der Waals surface area contributed by atoms with Crippen LogP contribution >= 0.6 is 23.2 Å². The van der Waals surface area contributed by atoms with Crippen molar-refractivity contribution in [2.45, 2.75) is 18.9 Å². The zero-order chi connectivity index (χ0) is 14.5. The molecule has 1 aliphatic heterocycles. The van der Waals surface area contributed by atoms with Gasteiger partial charge < -0.3 is 20.5 Å². The number of hydrogen-bond acceptors (Lipinski definition) is 4. The molecule has 0 atom stereocenters. The fourth-order valence-electron chi connectivity index (χ4n) is 1.99. The van der Waals surface area contributed by atoms with Crippen LogP contribution in [0.5, 0.6) is 5.75 Å². The zero-order valence-electron chi connectivity index (χ0n) is 10.8. The van der Waals surface area contributed by atoms with Crippen LogP contribution in [0.15, 0.2) is 12.1 Å². The van der Waals surface area contributed by atoms with Gasteiger partial charge >= 0.3 is 0 Å². The number of anilines is 1. The average molecular weight is 319 g/mol. The molecular weight excluding hydrogens is 303 g/mol. The maximum absolute atomic E-state index is 11.8. The number of amides is 1. The number of carbonyl (C=O) groups excluding carboxylic acids is 1. The molecule has 0 spiro atoms. The molecule has 0 saturated carbocycles. The monoisotopic (exact) mass is 318 g/mol. The first-order chi connectivity index (χ1) is 9.56. The lowest BCUT2D eigenvalue weighted by atomic mass is 10.1. The minimum absolute atomic E-state index is 0.0131. The van der Waals surface area contributed by atoms with Gasteiger partial charge in [-0.1, -0.05) is 23.2 Å². The average Bonchev–Trinajstić information content (AvgIpc) is 2.43. The molecule has 1 amide bonds. The Morgan fingerprint density at radius 1 is 1.35 bits per heavy atom. The van der Waals surface area contributed by atoms with Crippen LogP contribution in [0.2, 0.25) is 10.0 Å². The molecule has 110 valence electrons. The first kappa shape index (κ1) is 15.4. The molecular formula is C13H16Cl2N2O3. The maximum Gasteiger partial charge on any atom is 0.250 e. The zero-order valence-corrected chi connectivity index (χ0v) is 12.3. The van der Waals surface area contributed by atoms with Gasteiger partial charge in [0.15, 0.2) is 5.75 Å². The predicted octanol–water partition coefficient (Wildman–Crippen LogP) is 2.41. The number of piperidine rings is 1. The Kier molecular flexibility index (Phi) is 5.48. The lowest BCUT2D eigenvalue weighted by molar-refractivity contribution is -0.123. The van der Waals surface area contributed by atoms with Gasteiger partial charge in [-0.15, -0.1) is 0 Å². The standard InChI is InChI=1S/C13H16Cl2N2O3/c14-10-5-8(6-11(15)13(10)19)17-12(18)7-20-9-1-3-16-4-2-9/h5-6,9,16,19H,1-4,7H2,(H,17,18). The second-order valence-corrected chi connectivity index (χ2v) is 5.41. The van der Waals surface area contributed by atoms with E-state index in [1.807, 2.05) is 0 Å². The number of phenolic OH excluding ortho intramolecular Hbond substituents is 1. The number of halogens is 2. The summed E-state index contributed by atoms with van der Waals surface area (Å²) in [7, 11) is 0. The number of hydrogen-bond donors (Lipinski definition) is 3. The van der Waals surface area contributed by atoms with Gasteiger partial charge in [-0.3, -0.25) is 4.79 Å². The SMILES string of the molecule is O=C(COC1CCNCC1)Nc1cc(Cl)c(O)c(Cl)c1. The molecule has 0 aromatic heterocycles. The van der Waals surface area contributed by atoms with E-state index in [1.165, 1.54) is 12.1 Å². The van der Waals surface area contributed by atoms with Crippen molar-refractivity contribution in [1.29, 1.82) is 0 Å². The molecule has 1 aromatic rings. The Bertz CT molecular complexity index is 467. The first-order valence-electron chi connectivity index (χ1n) is 6.36. The smallest absolute Gasteiger partial charge is 0.250 e. The van der Waals surface area contributed by atoms with E-state index in [2.05, 4.69) is 10.6 Å². The van der Waals surface area contributed by atoms with Crippen LogP contribution < -0.4 is 10.6 Å². The fraction of sp³-hybridized carbons (Fsp3) is 0.462.